The molecule has 2 rings (SSSR count). The summed E-state index contributed by atoms with van der Waals surface area (Å²) in [5.41, 5.74) is -0.374. The number of hydrogen-bond donors (Lipinski definition) is 1. The van der Waals surface area contributed by atoms with Crippen LogP contribution < -0.4 is 0 Å². The lowest BCUT2D eigenvalue weighted by atomic mass is 9.83. The summed E-state index contributed by atoms with van der Waals surface area (Å²) in [5.74, 6) is 0. The van der Waals surface area contributed by atoms with Gasteiger partial charge in [0.2, 0.25) is 0 Å². The second kappa shape index (κ2) is 3.25. The third-order valence-electron chi connectivity index (χ3n) is 3.73. The van der Waals surface area contributed by atoms with Gasteiger partial charge >= 0.3 is 0 Å². The molecule has 13 heavy (non-hydrogen) atoms. The smallest absolute Gasteiger partial charge is 0.0621 e. The van der Waals surface area contributed by atoms with Gasteiger partial charge in [0.25, 0.3) is 0 Å². The maximum Gasteiger partial charge on any atom is 0.0621 e. The standard InChI is InChI=1S/C11H21NO/c1-11(13)7-5-10(6-8-11)12(2)9-3-4-9/h9-10,13H,3-8H2,1-2H3. The molecular formula is C11H21NO. The lowest BCUT2D eigenvalue weighted by Crippen LogP contribution is -2.41. The highest BCUT2D eigenvalue weighted by molar-refractivity contribution is 4.91. The van der Waals surface area contributed by atoms with Gasteiger partial charge in [0.15, 0.2) is 0 Å². The Morgan fingerprint density at radius 1 is 1.08 bits per heavy atom. The van der Waals surface area contributed by atoms with E-state index in [4.69, 9.17) is 0 Å². The summed E-state index contributed by atoms with van der Waals surface area (Å²) < 4.78 is 0. The van der Waals surface area contributed by atoms with Gasteiger partial charge in [-0.15, -0.1) is 0 Å². The summed E-state index contributed by atoms with van der Waals surface area (Å²) in [6.45, 7) is 1.97. The second-order valence-electron chi connectivity index (χ2n) is 5.12. The lowest BCUT2D eigenvalue weighted by molar-refractivity contribution is -0.00239. The molecule has 0 bridgehead atoms. The SMILES string of the molecule is CN(C1CC1)C1CCC(C)(O)CC1. The second-order valence-corrected chi connectivity index (χ2v) is 5.12. The lowest BCUT2D eigenvalue weighted by Gasteiger charge is -2.37. The Bertz CT molecular complexity index is 177. The van der Waals surface area contributed by atoms with Crippen molar-refractivity contribution < 1.29 is 5.11 Å². The molecule has 76 valence electrons. The van der Waals surface area contributed by atoms with Gasteiger partial charge < -0.3 is 10.0 Å². The number of hydrogen-bond acceptors (Lipinski definition) is 2. The van der Waals surface area contributed by atoms with Gasteiger partial charge in [-0.2, -0.15) is 0 Å². The normalized spacial score (nSPS) is 41.1. The van der Waals surface area contributed by atoms with Gasteiger partial charge in [0, 0.05) is 12.1 Å². The van der Waals surface area contributed by atoms with Crippen LogP contribution in [0.3, 0.4) is 0 Å². The molecule has 0 atom stereocenters. The largest absolute Gasteiger partial charge is 0.390 e. The van der Waals surface area contributed by atoms with Crippen molar-refractivity contribution in [2.45, 2.75) is 63.1 Å². The molecule has 2 fully saturated rings. The van der Waals surface area contributed by atoms with Crippen LogP contribution in [-0.4, -0.2) is 34.7 Å². The summed E-state index contributed by atoms with van der Waals surface area (Å²) in [4.78, 5) is 2.54. The van der Waals surface area contributed by atoms with Crippen LogP contribution in [0.5, 0.6) is 0 Å². The van der Waals surface area contributed by atoms with Gasteiger partial charge in [-0.3, -0.25) is 0 Å². The van der Waals surface area contributed by atoms with E-state index in [2.05, 4.69) is 11.9 Å². The summed E-state index contributed by atoms with van der Waals surface area (Å²) in [5, 5.41) is 9.81. The van der Waals surface area contributed by atoms with Crippen LogP contribution in [-0.2, 0) is 0 Å². The summed E-state index contributed by atoms with van der Waals surface area (Å²) in [6, 6.07) is 1.61. The maximum absolute atomic E-state index is 9.81. The van der Waals surface area contributed by atoms with E-state index in [1.165, 1.54) is 25.7 Å². The summed E-state index contributed by atoms with van der Waals surface area (Å²) >= 11 is 0. The third kappa shape index (κ3) is 2.23. The predicted octanol–water partition coefficient (Wildman–Crippen LogP) is 1.77. The first kappa shape index (κ1) is 9.47. The van der Waals surface area contributed by atoms with E-state index in [-0.39, 0.29) is 5.60 Å². The van der Waals surface area contributed by atoms with Crippen LogP contribution in [0.15, 0.2) is 0 Å². The highest BCUT2D eigenvalue weighted by atomic mass is 16.3. The fourth-order valence-corrected chi connectivity index (χ4v) is 2.41. The topological polar surface area (TPSA) is 23.5 Å². The minimum Gasteiger partial charge on any atom is -0.390 e. The molecule has 0 saturated heterocycles. The van der Waals surface area contributed by atoms with Crippen LogP contribution in [0, 0.1) is 0 Å². The van der Waals surface area contributed by atoms with E-state index in [0.29, 0.717) is 0 Å². The number of nitrogens with zero attached hydrogens (tertiary/aromatic N) is 1. The Morgan fingerprint density at radius 3 is 2.00 bits per heavy atom. The van der Waals surface area contributed by atoms with Crippen molar-refractivity contribution in [1.82, 2.24) is 4.90 Å². The fraction of sp³-hybridized carbons (Fsp3) is 1.00. The Balaban J connectivity index is 1.83. The van der Waals surface area contributed by atoms with E-state index in [1.54, 1.807) is 0 Å². The Labute approximate surface area is 80.9 Å². The van der Waals surface area contributed by atoms with Crippen molar-refractivity contribution in [3.05, 3.63) is 0 Å². The highest BCUT2D eigenvalue weighted by Gasteiger charge is 2.35. The Hall–Kier alpha value is -0.0800. The van der Waals surface area contributed by atoms with Gasteiger partial charge in [-0.25, -0.2) is 0 Å². The van der Waals surface area contributed by atoms with Gasteiger partial charge in [-0.05, 0) is 52.5 Å². The number of rotatable bonds is 2. The van der Waals surface area contributed by atoms with Crippen molar-refractivity contribution in [2.75, 3.05) is 7.05 Å². The fourth-order valence-electron chi connectivity index (χ4n) is 2.41. The van der Waals surface area contributed by atoms with Crippen molar-refractivity contribution >= 4 is 0 Å². The van der Waals surface area contributed by atoms with Crippen molar-refractivity contribution in [3.8, 4) is 0 Å². The molecule has 0 heterocycles. The minimum atomic E-state index is -0.374. The van der Waals surface area contributed by atoms with E-state index in [9.17, 15) is 5.11 Å². The van der Waals surface area contributed by atoms with E-state index in [0.717, 1.165) is 24.9 Å². The van der Waals surface area contributed by atoms with Crippen molar-refractivity contribution in [1.29, 1.82) is 0 Å². The van der Waals surface area contributed by atoms with E-state index >= 15 is 0 Å². The highest BCUT2D eigenvalue weighted by Crippen LogP contribution is 2.35. The van der Waals surface area contributed by atoms with Crippen molar-refractivity contribution in [3.63, 3.8) is 0 Å². The van der Waals surface area contributed by atoms with Crippen LogP contribution >= 0.6 is 0 Å². The molecule has 0 aromatic carbocycles. The summed E-state index contributed by atoms with van der Waals surface area (Å²) in [6.07, 6.45) is 7.11. The van der Waals surface area contributed by atoms with Crippen LogP contribution in [0.25, 0.3) is 0 Å². The van der Waals surface area contributed by atoms with E-state index in [1.807, 2.05) is 6.92 Å². The molecule has 0 amide bonds. The predicted molar refractivity (Wildman–Crippen MR) is 53.7 cm³/mol. The van der Waals surface area contributed by atoms with Gasteiger partial charge in [-0.1, -0.05) is 0 Å². The Kier molecular flexibility index (Phi) is 2.37. The molecule has 0 aromatic rings. The third-order valence-corrected chi connectivity index (χ3v) is 3.73. The first-order valence-electron chi connectivity index (χ1n) is 5.53. The maximum atomic E-state index is 9.81. The molecule has 0 aliphatic heterocycles. The zero-order valence-electron chi connectivity index (χ0n) is 8.79. The average Bonchev–Trinajstić information content (AvgIpc) is 2.85. The minimum absolute atomic E-state index is 0.374. The molecular weight excluding hydrogens is 162 g/mol. The summed E-state index contributed by atoms with van der Waals surface area (Å²) in [7, 11) is 2.25. The zero-order chi connectivity index (χ0) is 9.47. The van der Waals surface area contributed by atoms with Crippen LogP contribution in [0.2, 0.25) is 0 Å². The first-order chi connectivity index (χ1) is 6.08. The molecule has 2 saturated carbocycles. The van der Waals surface area contributed by atoms with Gasteiger partial charge in [0.05, 0.1) is 5.60 Å². The first-order valence-corrected chi connectivity index (χ1v) is 5.53. The molecule has 2 nitrogen and oxygen atoms in total. The number of aliphatic hydroxyl groups is 1. The molecule has 0 unspecified atom stereocenters. The van der Waals surface area contributed by atoms with Crippen LogP contribution in [0.4, 0.5) is 0 Å². The van der Waals surface area contributed by atoms with Gasteiger partial charge in [0.1, 0.15) is 0 Å². The monoisotopic (exact) mass is 183 g/mol. The molecule has 0 radical (unpaired) electrons. The quantitative estimate of drug-likeness (QED) is 0.705. The molecule has 0 aromatic heterocycles. The molecule has 2 heteroatoms. The van der Waals surface area contributed by atoms with Crippen LogP contribution in [0.1, 0.15) is 45.4 Å². The molecule has 1 N–H and O–H groups in total. The molecule has 2 aliphatic carbocycles. The Morgan fingerprint density at radius 2 is 1.54 bits per heavy atom. The molecule has 0 spiro atoms. The molecule has 2 aliphatic rings. The van der Waals surface area contributed by atoms with E-state index < -0.39 is 0 Å². The zero-order valence-corrected chi connectivity index (χ0v) is 8.79. The average molecular weight is 183 g/mol. The van der Waals surface area contributed by atoms with Crippen molar-refractivity contribution in [2.24, 2.45) is 0 Å².